The number of rotatable bonds is 8. The molecular weight excluding hydrogens is 532 g/mol. The van der Waals surface area contributed by atoms with Crippen LogP contribution in [0.5, 0.6) is 5.75 Å². The molecule has 1 aliphatic carbocycles. The van der Waals surface area contributed by atoms with Crippen molar-refractivity contribution in [2.45, 2.75) is 75.6 Å². The van der Waals surface area contributed by atoms with Crippen LogP contribution in [0.25, 0.3) is 11.3 Å². The largest absolute Gasteiger partial charge is 0.573 e. The van der Waals surface area contributed by atoms with Gasteiger partial charge in [0, 0.05) is 29.1 Å². The Kier molecular flexibility index (Phi) is 6.93. The summed E-state index contributed by atoms with van der Waals surface area (Å²) in [5, 5.41) is 4.15. The first-order chi connectivity index (χ1) is 19.2. The number of benzene rings is 2. The second kappa shape index (κ2) is 10.4. The van der Waals surface area contributed by atoms with Gasteiger partial charge in [-0.1, -0.05) is 17.3 Å². The summed E-state index contributed by atoms with van der Waals surface area (Å²) < 4.78 is 75.2. The number of anilines is 1. The van der Waals surface area contributed by atoms with Crippen molar-refractivity contribution in [1.29, 1.82) is 0 Å². The number of piperidine rings is 1. The van der Waals surface area contributed by atoms with Crippen molar-refractivity contribution in [1.82, 2.24) is 5.16 Å². The fourth-order valence-electron chi connectivity index (χ4n) is 6.03. The molecule has 0 radical (unpaired) electrons. The predicted molar refractivity (Wildman–Crippen MR) is 135 cm³/mol. The minimum Gasteiger partial charge on any atom is -0.465 e. The van der Waals surface area contributed by atoms with Gasteiger partial charge in [-0.3, -0.25) is 0 Å². The van der Waals surface area contributed by atoms with Crippen molar-refractivity contribution >= 4 is 11.7 Å². The second-order valence-electron chi connectivity index (χ2n) is 10.5. The molecule has 0 amide bonds. The molecule has 2 saturated heterocycles. The number of alkyl halides is 3. The van der Waals surface area contributed by atoms with Gasteiger partial charge in [0.1, 0.15) is 23.0 Å². The highest BCUT2D eigenvalue weighted by Gasteiger charge is 2.43. The highest BCUT2D eigenvalue weighted by Crippen LogP contribution is 2.46. The Bertz CT molecular complexity index is 1390. The van der Waals surface area contributed by atoms with E-state index in [9.17, 15) is 18.0 Å². The zero-order chi connectivity index (χ0) is 28.0. The Hall–Kier alpha value is -3.60. The molecule has 0 spiro atoms. The number of carbonyl (C=O) groups is 1. The molecule has 1 saturated carbocycles. The van der Waals surface area contributed by atoms with Crippen LogP contribution in [0.1, 0.15) is 66.1 Å². The van der Waals surface area contributed by atoms with Crippen LogP contribution < -0.4 is 9.64 Å². The zero-order valence-corrected chi connectivity index (χ0v) is 21.7. The molecular formula is C29H28F4N2O5. The van der Waals surface area contributed by atoms with Crippen molar-refractivity contribution in [2.75, 3.05) is 12.0 Å². The van der Waals surface area contributed by atoms with E-state index in [4.69, 9.17) is 14.0 Å². The number of hydrogen-bond donors (Lipinski definition) is 0. The lowest BCUT2D eigenvalue weighted by atomic mass is 9.98. The molecule has 3 aliphatic rings. The maximum atomic E-state index is 15.0. The van der Waals surface area contributed by atoms with Crippen LogP contribution in [0.15, 0.2) is 47.0 Å². The summed E-state index contributed by atoms with van der Waals surface area (Å²) in [6, 6.07) is 10.4. The molecule has 11 heteroatoms. The van der Waals surface area contributed by atoms with Gasteiger partial charge in [-0.25, -0.2) is 9.18 Å². The third-order valence-electron chi connectivity index (χ3n) is 7.93. The van der Waals surface area contributed by atoms with Crippen LogP contribution in [0.3, 0.4) is 0 Å². The third kappa shape index (κ3) is 5.26. The van der Waals surface area contributed by atoms with Gasteiger partial charge in [-0.05, 0) is 68.9 Å². The molecule has 6 rings (SSSR count). The molecule has 2 aliphatic heterocycles. The van der Waals surface area contributed by atoms with E-state index in [2.05, 4.69) is 14.8 Å². The zero-order valence-electron chi connectivity index (χ0n) is 21.7. The van der Waals surface area contributed by atoms with Gasteiger partial charge in [0.05, 0.1) is 31.1 Å². The summed E-state index contributed by atoms with van der Waals surface area (Å²) in [7, 11) is 1.25. The van der Waals surface area contributed by atoms with Crippen LogP contribution in [-0.2, 0) is 16.1 Å². The Morgan fingerprint density at radius 2 is 1.80 bits per heavy atom. The molecule has 2 aromatic carbocycles. The van der Waals surface area contributed by atoms with Crippen molar-refractivity contribution < 1.29 is 41.1 Å². The highest BCUT2D eigenvalue weighted by atomic mass is 19.4. The first-order valence-corrected chi connectivity index (χ1v) is 13.3. The summed E-state index contributed by atoms with van der Waals surface area (Å²) in [4.78, 5) is 13.9. The number of fused-ring (bicyclic) bond motifs is 2. The fraction of sp³-hybridized carbons (Fsp3) is 0.448. The quantitative estimate of drug-likeness (QED) is 0.223. The fourth-order valence-corrected chi connectivity index (χ4v) is 6.03. The molecule has 7 nitrogen and oxygen atoms in total. The van der Waals surface area contributed by atoms with Gasteiger partial charge in [0.15, 0.2) is 0 Å². The van der Waals surface area contributed by atoms with Crippen molar-refractivity contribution in [2.24, 2.45) is 0 Å². The van der Waals surface area contributed by atoms with Crippen LogP contribution >= 0.6 is 0 Å². The van der Waals surface area contributed by atoms with Crippen LogP contribution in [0.2, 0.25) is 0 Å². The topological polar surface area (TPSA) is 74.0 Å². The molecule has 0 N–H and O–H groups in total. The van der Waals surface area contributed by atoms with E-state index < -0.39 is 18.1 Å². The number of carbonyl (C=O) groups excluding carboxylic acids is 1. The smallest absolute Gasteiger partial charge is 0.465 e. The SMILES string of the molecule is COC(=O)c1ccc(N2C3CCC2CC(OCc2c(-c4ccccc4OC(F)(F)F)noc2C2CC2)C3)c(F)c1. The molecule has 3 aromatic rings. The van der Waals surface area contributed by atoms with Crippen LogP contribution in [0.4, 0.5) is 23.2 Å². The number of methoxy groups -OCH3 is 1. The van der Waals surface area contributed by atoms with Crippen molar-refractivity contribution in [3.05, 3.63) is 65.2 Å². The average Bonchev–Trinajstić information content (AvgIpc) is 3.63. The number of ether oxygens (including phenoxy) is 3. The van der Waals surface area contributed by atoms with Gasteiger partial charge >= 0.3 is 12.3 Å². The van der Waals surface area contributed by atoms with E-state index in [0.717, 1.165) is 25.7 Å². The summed E-state index contributed by atoms with van der Waals surface area (Å²) in [6.07, 6.45) is -0.0157. The first-order valence-electron chi connectivity index (χ1n) is 13.3. The number of esters is 1. The molecule has 3 heterocycles. The lowest BCUT2D eigenvalue weighted by molar-refractivity contribution is -0.274. The van der Waals surface area contributed by atoms with E-state index in [1.807, 2.05) is 0 Å². The maximum Gasteiger partial charge on any atom is 0.573 e. The lowest BCUT2D eigenvalue weighted by Gasteiger charge is -2.40. The summed E-state index contributed by atoms with van der Waals surface area (Å²) >= 11 is 0. The van der Waals surface area contributed by atoms with Gasteiger partial charge in [0.25, 0.3) is 0 Å². The van der Waals surface area contributed by atoms with Gasteiger partial charge in [0.2, 0.25) is 0 Å². The molecule has 2 atom stereocenters. The van der Waals surface area contributed by atoms with Gasteiger partial charge < -0.3 is 23.6 Å². The van der Waals surface area contributed by atoms with Gasteiger partial charge in [-0.15, -0.1) is 13.2 Å². The molecule has 2 unspecified atom stereocenters. The van der Waals surface area contributed by atoms with Crippen molar-refractivity contribution in [3.63, 3.8) is 0 Å². The molecule has 3 fully saturated rings. The van der Waals surface area contributed by atoms with E-state index in [1.54, 1.807) is 18.2 Å². The number of para-hydroxylation sites is 1. The monoisotopic (exact) mass is 560 g/mol. The Labute approximate surface area is 228 Å². The minimum absolute atomic E-state index is 0.0629. The Balaban J connectivity index is 1.19. The van der Waals surface area contributed by atoms with Crippen LogP contribution in [0, 0.1) is 5.82 Å². The average molecular weight is 561 g/mol. The lowest BCUT2D eigenvalue weighted by Crippen LogP contribution is -2.46. The Morgan fingerprint density at radius 3 is 2.45 bits per heavy atom. The van der Waals surface area contributed by atoms with E-state index in [1.165, 1.54) is 31.4 Å². The standard InChI is InChI=1S/C29H28F4N2O5/c1-37-28(36)17-8-11-24(23(30)12-17)35-18-9-10-19(35)14-20(13-18)38-15-22-26(34-40-27(22)16-6-7-16)21-4-2-3-5-25(21)39-29(31,32)33/h2-5,8,11-12,16,18-20H,6-7,9-10,13-15H2,1H3. The van der Waals surface area contributed by atoms with E-state index >= 15 is 4.39 Å². The molecule has 40 heavy (non-hydrogen) atoms. The predicted octanol–water partition coefficient (Wildman–Crippen LogP) is 6.76. The van der Waals surface area contributed by atoms with E-state index in [-0.39, 0.29) is 53.3 Å². The summed E-state index contributed by atoms with van der Waals surface area (Å²) in [5.74, 6) is -0.595. The summed E-state index contributed by atoms with van der Waals surface area (Å²) in [5.41, 5.74) is 1.73. The highest BCUT2D eigenvalue weighted by molar-refractivity contribution is 5.89. The summed E-state index contributed by atoms with van der Waals surface area (Å²) in [6.45, 7) is 0.136. The van der Waals surface area contributed by atoms with Gasteiger partial charge in [-0.2, -0.15) is 0 Å². The number of nitrogens with zero attached hydrogens (tertiary/aromatic N) is 2. The molecule has 2 bridgehead atoms. The normalized spacial score (nSPS) is 22.4. The number of halogens is 4. The number of aromatic nitrogens is 1. The minimum atomic E-state index is -4.85. The maximum absolute atomic E-state index is 15.0. The van der Waals surface area contributed by atoms with E-state index in [0.29, 0.717) is 29.9 Å². The Morgan fingerprint density at radius 1 is 1.07 bits per heavy atom. The van der Waals surface area contributed by atoms with Crippen LogP contribution in [-0.4, -0.2) is 42.8 Å². The molecule has 1 aromatic heterocycles. The third-order valence-corrected chi connectivity index (χ3v) is 7.93. The molecule has 212 valence electrons. The van der Waals surface area contributed by atoms with Crippen molar-refractivity contribution in [3.8, 4) is 17.0 Å². The first kappa shape index (κ1) is 26.6. The second-order valence-corrected chi connectivity index (χ2v) is 10.5. The number of hydrogen-bond acceptors (Lipinski definition) is 7.